The molecule has 1 saturated carbocycles. The maximum atomic E-state index is 13.7. The standard InChI is InChI=1S/C17H26FN/c1-2-3-4-7-14(13-19-16-10-11-16)12-15-8-5-6-9-17(15)18/h5-6,8-9,14,16,19H,2-4,7,10-13H2,1H3. The third-order valence-corrected chi connectivity index (χ3v) is 3.95. The van der Waals surface area contributed by atoms with Crippen molar-refractivity contribution >= 4 is 0 Å². The van der Waals surface area contributed by atoms with Crippen LogP contribution in [0.2, 0.25) is 0 Å². The SMILES string of the molecule is CCCCCC(CNC1CC1)Cc1ccccc1F. The minimum Gasteiger partial charge on any atom is -0.314 e. The molecule has 0 bridgehead atoms. The smallest absolute Gasteiger partial charge is 0.126 e. The van der Waals surface area contributed by atoms with E-state index in [0.717, 1.165) is 24.6 Å². The Morgan fingerprint density at radius 1 is 1.26 bits per heavy atom. The molecule has 1 aromatic carbocycles. The van der Waals surface area contributed by atoms with E-state index in [0.29, 0.717) is 5.92 Å². The molecule has 2 rings (SSSR count). The van der Waals surface area contributed by atoms with Crippen molar-refractivity contribution in [2.75, 3.05) is 6.54 Å². The molecule has 19 heavy (non-hydrogen) atoms. The topological polar surface area (TPSA) is 12.0 Å². The third kappa shape index (κ3) is 5.32. The highest BCUT2D eigenvalue weighted by Gasteiger charge is 2.22. The number of benzene rings is 1. The third-order valence-electron chi connectivity index (χ3n) is 3.95. The second-order valence-electron chi connectivity index (χ2n) is 5.84. The first-order valence-electron chi connectivity index (χ1n) is 7.76. The van der Waals surface area contributed by atoms with Gasteiger partial charge in [-0.1, -0.05) is 44.4 Å². The van der Waals surface area contributed by atoms with Gasteiger partial charge < -0.3 is 5.32 Å². The van der Waals surface area contributed by atoms with Gasteiger partial charge in [0.1, 0.15) is 5.82 Å². The van der Waals surface area contributed by atoms with E-state index >= 15 is 0 Å². The van der Waals surface area contributed by atoms with Gasteiger partial charge in [-0.2, -0.15) is 0 Å². The monoisotopic (exact) mass is 263 g/mol. The van der Waals surface area contributed by atoms with Gasteiger partial charge in [0.25, 0.3) is 0 Å². The molecule has 1 aromatic rings. The molecule has 0 heterocycles. The van der Waals surface area contributed by atoms with Gasteiger partial charge in [0, 0.05) is 6.04 Å². The molecule has 0 aliphatic heterocycles. The number of unbranched alkanes of at least 4 members (excludes halogenated alkanes) is 2. The Morgan fingerprint density at radius 2 is 2.05 bits per heavy atom. The van der Waals surface area contributed by atoms with Crippen LogP contribution in [0.3, 0.4) is 0 Å². The highest BCUT2D eigenvalue weighted by atomic mass is 19.1. The van der Waals surface area contributed by atoms with E-state index in [2.05, 4.69) is 12.2 Å². The van der Waals surface area contributed by atoms with Crippen LogP contribution in [0.25, 0.3) is 0 Å². The molecule has 1 unspecified atom stereocenters. The number of hydrogen-bond donors (Lipinski definition) is 1. The van der Waals surface area contributed by atoms with E-state index in [9.17, 15) is 4.39 Å². The van der Waals surface area contributed by atoms with Crippen LogP contribution in [0.1, 0.15) is 51.0 Å². The quantitative estimate of drug-likeness (QED) is 0.654. The summed E-state index contributed by atoms with van der Waals surface area (Å²) in [5, 5.41) is 3.60. The van der Waals surface area contributed by atoms with Crippen LogP contribution in [0.15, 0.2) is 24.3 Å². The number of rotatable bonds is 9. The molecule has 1 aliphatic carbocycles. The van der Waals surface area contributed by atoms with Crippen molar-refractivity contribution in [3.8, 4) is 0 Å². The molecule has 0 amide bonds. The molecule has 0 saturated heterocycles. The molecule has 1 atom stereocenters. The number of nitrogens with one attached hydrogen (secondary N) is 1. The Morgan fingerprint density at radius 3 is 2.74 bits per heavy atom. The lowest BCUT2D eigenvalue weighted by Crippen LogP contribution is -2.26. The van der Waals surface area contributed by atoms with E-state index in [4.69, 9.17) is 0 Å². The first-order valence-corrected chi connectivity index (χ1v) is 7.76. The van der Waals surface area contributed by atoms with E-state index in [1.54, 1.807) is 12.1 Å². The molecule has 0 radical (unpaired) electrons. The molecule has 2 heteroatoms. The average molecular weight is 263 g/mol. The fourth-order valence-electron chi connectivity index (χ4n) is 2.56. The minimum absolute atomic E-state index is 0.0468. The zero-order chi connectivity index (χ0) is 13.5. The van der Waals surface area contributed by atoms with Gasteiger partial charge in [0.05, 0.1) is 0 Å². The van der Waals surface area contributed by atoms with Crippen LogP contribution >= 0.6 is 0 Å². The second kappa shape index (κ2) is 7.64. The lowest BCUT2D eigenvalue weighted by atomic mass is 9.93. The van der Waals surface area contributed by atoms with Crippen molar-refractivity contribution < 1.29 is 4.39 Å². The highest BCUT2D eigenvalue weighted by Crippen LogP contribution is 2.22. The summed E-state index contributed by atoms with van der Waals surface area (Å²) in [6, 6.07) is 7.96. The Bertz CT molecular complexity index is 373. The molecule has 0 aromatic heterocycles. The molecule has 1 fully saturated rings. The predicted octanol–water partition coefficient (Wildman–Crippen LogP) is 4.32. The van der Waals surface area contributed by atoms with Crippen molar-refractivity contribution in [3.05, 3.63) is 35.6 Å². The van der Waals surface area contributed by atoms with Gasteiger partial charge in [0.2, 0.25) is 0 Å². The summed E-state index contributed by atoms with van der Waals surface area (Å²) in [6.07, 6.45) is 8.53. The fraction of sp³-hybridized carbons (Fsp3) is 0.647. The van der Waals surface area contributed by atoms with Crippen molar-refractivity contribution in [1.29, 1.82) is 0 Å². The molecule has 1 aliphatic rings. The van der Waals surface area contributed by atoms with Crippen LogP contribution in [0, 0.1) is 11.7 Å². The van der Waals surface area contributed by atoms with Crippen molar-refractivity contribution in [2.45, 2.75) is 57.9 Å². The lowest BCUT2D eigenvalue weighted by molar-refractivity contribution is 0.416. The van der Waals surface area contributed by atoms with Crippen LogP contribution < -0.4 is 5.32 Å². The normalized spacial score (nSPS) is 16.5. The molecule has 0 spiro atoms. The largest absolute Gasteiger partial charge is 0.314 e. The summed E-state index contributed by atoms with van der Waals surface area (Å²) >= 11 is 0. The number of hydrogen-bond acceptors (Lipinski definition) is 1. The van der Waals surface area contributed by atoms with Gasteiger partial charge in [-0.3, -0.25) is 0 Å². The van der Waals surface area contributed by atoms with Crippen LogP contribution in [0.4, 0.5) is 4.39 Å². The fourth-order valence-corrected chi connectivity index (χ4v) is 2.56. The summed E-state index contributed by atoms with van der Waals surface area (Å²) in [5.74, 6) is 0.526. The van der Waals surface area contributed by atoms with Crippen molar-refractivity contribution in [2.24, 2.45) is 5.92 Å². The predicted molar refractivity (Wildman–Crippen MR) is 78.8 cm³/mol. The van der Waals surface area contributed by atoms with Gasteiger partial charge >= 0.3 is 0 Å². The maximum Gasteiger partial charge on any atom is 0.126 e. The van der Waals surface area contributed by atoms with Gasteiger partial charge in [-0.25, -0.2) is 4.39 Å². The lowest BCUT2D eigenvalue weighted by Gasteiger charge is -2.18. The van der Waals surface area contributed by atoms with Gasteiger partial charge in [-0.15, -0.1) is 0 Å². The minimum atomic E-state index is -0.0468. The Labute approximate surface area is 116 Å². The van der Waals surface area contributed by atoms with Gasteiger partial charge in [-0.05, 0) is 49.8 Å². The van der Waals surface area contributed by atoms with E-state index < -0.39 is 0 Å². The van der Waals surface area contributed by atoms with Crippen LogP contribution in [0.5, 0.6) is 0 Å². The van der Waals surface area contributed by atoms with Crippen LogP contribution in [-0.4, -0.2) is 12.6 Å². The first-order chi connectivity index (χ1) is 9.29. The zero-order valence-corrected chi connectivity index (χ0v) is 12.0. The summed E-state index contributed by atoms with van der Waals surface area (Å²) in [6.45, 7) is 3.27. The molecule has 1 nitrogen and oxygen atoms in total. The van der Waals surface area contributed by atoms with Gasteiger partial charge in [0.15, 0.2) is 0 Å². The highest BCUT2D eigenvalue weighted by molar-refractivity contribution is 5.17. The van der Waals surface area contributed by atoms with Crippen molar-refractivity contribution in [3.63, 3.8) is 0 Å². The molecule has 1 N–H and O–H groups in total. The van der Waals surface area contributed by atoms with E-state index in [1.165, 1.54) is 38.5 Å². The molecule has 106 valence electrons. The summed E-state index contributed by atoms with van der Waals surface area (Å²) in [4.78, 5) is 0. The summed E-state index contributed by atoms with van der Waals surface area (Å²) in [5.41, 5.74) is 0.876. The second-order valence-corrected chi connectivity index (χ2v) is 5.84. The van der Waals surface area contributed by atoms with Crippen molar-refractivity contribution in [1.82, 2.24) is 5.32 Å². The van der Waals surface area contributed by atoms with E-state index in [-0.39, 0.29) is 5.82 Å². The average Bonchev–Trinajstić information content (AvgIpc) is 3.22. The first kappa shape index (κ1) is 14.5. The molecular formula is C17H26FN. The molecular weight excluding hydrogens is 237 g/mol. The summed E-state index contributed by atoms with van der Waals surface area (Å²) in [7, 11) is 0. The van der Waals surface area contributed by atoms with E-state index in [1.807, 2.05) is 12.1 Å². The number of halogens is 1. The Hall–Kier alpha value is -0.890. The maximum absolute atomic E-state index is 13.7. The Balaban J connectivity index is 1.85. The zero-order valence-electron chi connectivity index (χ0n) is 12.0. The van der Waals surface area contributed by atoms with Crippen LogP contribution in [-0.2, 0) is 6.42 Å². The summed E-state index contributed by atoms with van der Waals surface area (Å²) < 4.78 is 13.7. The Kier molecular flexibility index (Phi) is 5.84.